The molecule has 0 bridgehead atoms. The zero-order valence-corrected chi connectivity index (χ0v) is 18.1. The second-order valence-electron chi connectivity index (χ2n) is 7.43. The molecule has 4 rings (SSSR count). The summed E-state index contributed by atoms with van der Waals surface area (Å²) < 4.78 is 0. The molecule has 31 heavy (non-hydrogen) atoms. The van der Waals surface area contributed by atoms with E-state index < -0.39 is 0 Å². The lowest BCUT2D eigenvalue weighted by atomic mass is 9.90. The molecule has 2 heterocycles. The summed E-state index contributed by atoms with van der Waals surface area (Å²) >= 11 is 1.52. The predicted molar refractivity (Wildman–Crippen MR) is 123 cm³/mol. The number of benzene rings is 2. The zero-order chi connectivity index (χ0) is 21.5. The second-order valence-corrected chi connectivity index (χ2v) is 8.48. The lowest BCUT2D eigenvalue weighted by Gasteiger charge is -2.36. The first-order chi connectivity index (χ1) is 15.2. The van der Waals surface area contributed by atoms with Crippen molar-refractivity contribution < 1.29 is 9.59 Å². The van der Waals surface area contributed by atoms with Crippen molar-refractivity contribution in [1.29, 1.82) is 0 Å². The molecule has 0 saturated carbocycles. The molecule has 158 valence electrons. The fraction of sp³-hybridized carbons (Fsp3) is 0.240. The third kappa shape index (κ3) is 5.33. The van der Waals surface area contributed by atoms with Crippen LogP contribution in [0, 0.1) is 0 Å². The van der Waals surface area contributed by atoms with Crippen LogP contribution in [0.4, 0.5) is 0 Å². The standard InChI is InChI=1S/C25H25N3O2S/c29-23(19-31-22-11-13-26-14-12-22)27-15-17-28(18-16-27)25(30)24(20-7-3-1-4-8-20)21-9-5-2-6-10-21/h1-14,24H,15-19H2. The van der Waals surface area contributed by atoms with E-state index in [1.54, 1.807) is 12.4 Å². The van der Waals surface area contributed by atoms with Crippen molar-refractivity contribution in [3.05, 3.63) is 96.3 Å². The molecule has 1 saturated heterocycles. The van der Waals surface area contributed by atoms with Crippen LogP contribution < -0.4 is 0 Å². The van der Waals surface area contributed by atoms with E-state index in [2.05, 4.69) is 4.98 Å². The van der Waals surface area contributed by atoms with Gasteiger partial charge in [0.15, 0.2) is 0 Å². The predicted octanol–water partition coefficient (Wildman–Crippen LogP) is 3.68. The summed E-state index contributed by atoms with van der Waals surface area (Å²) in [6.07, 6.45) is 3.46. The van der Waals surface area contributed by atoms with E-state index in [1.165, 1.54) is 11.8 Å². The molecule has 0 aliphatic carbocycles. The van der Waals surface area contributed by atoms with Crippen molar-refractivity contribution in [2.24, 2.45) is 0 Å². The number of hydrogen-bond donors (Lipinski definition) is 0. The zero-order valence-electron chi connectivity index (χ0n) is 17.3. The number of pyridine rings is 1. The first-order valence-corrected chi connectivity index (χ1v) is 11.4. The Morgan fingerprint density at radius 1 is 0.774 bits per heavy atom. The normalized spacial score (nSPS) is 14.0. The Bertz CT molecular complexity index is 952. The fourth-order valence-electron chi connectivity index (χ4n) is 3.80. The van der Waals surface area contributed by atoms with Crippen molar-refractivity contribution in [2.75, 3.05) is 31.9 Å². The van der Waals surface area contributed by atoms with Gasteiger partial charge < -0.3 is 9.80 Å². The van der Waals surface area contributed by atoms with E-state index in [9.17, 15) is 9.59 Å². The molecule has 1 aliphatic rings. The van der Waals surface area contributed by atoms with Gasteiger partial charge in [-0.15, -0.1) is 11.8 Å². The van der Waals surface area contributed by atoms with Gasteiger partial charge in [-0.05, 0) is 23.3 Å². The maximum atomic E-state index is 13.5. The summed E-state index contributed by atoms with van der Waals surface area (Å²) in [5, 5.41) is 0. The number of carbonyl (C=O) groups is 2. The lowest BCUT2D eigenvalue weighted by molar-refractivity contribution is -0.138. The van der Waals surface area contributed by atoms with Gasteiger partial charge in [-0.2, -0.15) is 0 Å². The number of thioether (sulfide) groups is 1. The Hall–Kier alpha value is -3.12. The van der Waals surface area contributed by atoms with Crippen LogP contribution in [0.25, 0.3) is 0 Å². The van der Waals surface area contributed by atoms with Gasteiger partial charge in [0.05, 0.1) is 11.7 Å². The highest BCUT2D eigenvalue weighted by atomic mass is 32.2. The van der Waals surface area contributed by atoms with E-state index in [-0.39, 0.29) is 17.7 Å². The van der Waals surface area contributed by atoms with Gasteiger partial charge in [-0.1, -0.05) is 60.7 Å². The van der Waals surface area contributed by atoms with Gasteiger partial charge in [0.2, 0.25) is 11.8 Å². The van der Waals surface area contributed by atoms with E-state index in [0.717, 1.165) is 16.0 Å². The number of amides is 2. The van der Waals surface area contributed by atoms with E-state index in [4.69, 9.17) is 0 Å². The number of rotatable bonds is 6. The first kappa shape index (κ1) is 21.1. The highest BCUT2D eigenvalue weighted by molar-refractivity contribution is 8.00. The van der Waals surface area contributed by atoms with Crippen molar-refractivity contribution in [3.8, 4) is 0 Å². The first-order valence-electron chi connectivity index (χ1n) is 10.4. The van der Waals surface area contributed by atoms with E-state index in [1.807, 2.05) is 82.6 Å². The summed E-state index contributed by atoms with van der Waals surface area (Å²) in [5.74, 6) is 0.272. The molecule has 3 aromatic rings. The van der Waals surface area contributed by atoms with Crippen molar-refractivity contribution in [2.45, 2.75) is 10.8 Å². The number of aromatic nitrogens is 1. The highest BCUT2D eigenvalue weighted by Crippen LogP contribution is 2.27. The topological polar surface area (TPSA) is 53.5 Å². The van der Waals surface area contributed by atoms with Gasteiger partial charge in [0.1, 0.15) is 0 Å². The van der Waals surface area contributed by atoms with Crippen LogP contribution in [0.5, 0.6) is 0 Å². The number of hydrogen-bond acceptors (Lipinski definition) is 4. The van der Waals surface area contributed by atoms with Crippen LogP contribution >= 0.6 is 11.8 Å². The van der Waals surface area contributed by atoms with Crippen LogP contribution in [-0.4, -0.2) is 58.5 Å². The average Bonchev–Trinajstić information content (AvgIpc) is 2.85. The second kappa shape index (κ2) is 10.3. The van der Waals surface area contributed by atoms with Crippen LogP contribution in [0.15, 0.2) is 90.1 Å². The van der Waals surface area contributed by atoms with Crippen LogP contribution in [0.1, 0.15) is 17.0 Å². The summed E-state index contributed by atoms with van der Waals surface area (Å²) in [6, 6.07) is 23.6. The van der Waals surface area contributed by atoms with E-state index in [0.29, 0.717) is 31.9 Å². The smallest absolute Gasteiger partial charge is 0.234 e. The molecule has 1 aromatic heterocycles. The van der Waals surface area contributed by atoms with Gasteiger partial charge in [-0.25, -0.2) is 0 Å². The Kier molecular flexibility index (Phi) is 6.99. The summed E-state index contributed by atoms with van der Waals surface area (Å²) in [4.78, 5) is 34.9. The molecule has 0 unspecified atom stereocenters. The SMILES string of the molecule is O=C(CSc1ccncc1)N1CCN(C(=O)C(c2ccccc2)c2ccccc2)CC1. The quantitative estimate of drug-likeness (QED) is 0.559. The molecule has 0 N–H and O–H groups in total. The summed E-state index contributed by atoms with van der Waals surface area (Å²) in [5.41, 5.74) is 1.98. The molecule has 0 radical (unpaired) electrons. The third-order valence-corrected chi connectivity index (χ3v) is 6.47. The Balaban J connectivity index is 1.39. The van der Waals surface area contributed by atoms with Crippen LogP contribution in [0.2, 0.25) is 0 Å². The third-order valence-electron chi connectivity index (χ3n) is 5.47. The van der Waals surface area contributed by atoms with Crippen molar-refractivity contribution >= 4 is 23.6 Å². The van der Waals surface area contributed by atoms with Gasteiger partial charge in [0, 0.05) is 43.5 Å². The summed E-state index contributed by atoms with van der Waals surface area (Å²) in [7, 11) is 0. The molecular weight excluding hydrogens is 406 g/mol. The Morgan fingerprint density at radius 2 is 1.29 bits per heavy atom. The molecule has 1 aliphatic heterocycles. The summed E-state index contributed by atoms with van der Waals surface area (Å²) in [6.45, 7) is 2.25. The minimum Gasteiger partial charge on any atom is -0.338 e. The maximum Gasteiger partial charge on any atom is 0.234 e. The molecule has 0 atom stereocenters. The van der Waals surface area contributed by atoms with Crippen LogP contribution in [-0.2, 0) is 9.59 Å². The fourth-order valence-corrected chi connectivity index (χ4v) is 4.59. The molecule has 5 nitrogen and oxygen atoms in total. The number of nitrogens with zero attached hydrogens (tertiary/aromatic N) is 3. The Labute approximate surface area is 187 Å². The molecular formula is C25H25N3O2S. The largest absolute Gasteiger partial charge is 0.338 e. The monoisotopic (exact) mass is 431 g/mol. The highest BCUT2D eigenvalue weighted by Gasteiger charge is 2.30. The molecule has 1 fully saturated rings. The molecule has 0 spiro atoms. The van der Waals surface area contributed by atoms with Gasteiger partial charge in [0.25, 0.3) is 0 Å². The minimum absolute atomic E-state index is 0.0932. The average molecular weight is 432 g/mol. The minimum atomic E-state index is -0.327. The van der Waals surface area contributed by atoms with Crippen molar-refractivity contribution in [3.63, 3.8) is 0 Å². The molecule has 2 aromatic carbocycles. The molecule has 2 amide bonds. The number of piperazine rings is 1. The van der Waals surface area contributed by atoms with Gasteiger partial charge in [-0.3, -0.25) is 14.6 Å². The van der Waals surface area contributed by atoms with E-state index >= 15 is 0 Å². The Morgan fingerprint density at radius 3 is 1.84 bits per heavy atom. The van der Waals surface area contributed by atoms with Crippen LogP contribution in [0.3, 0.4) is 0 Å². The number of carbonyl (C=O) groups excluding carboxylic acids is 2. The lowest BCUT2D eigenvalue weighted by Crippen LogP contribution is -2.52. The maximum absolute atomic E-state index is 13.5. The van der Waals surface area contributed by atoms with Gasteiger partial charge >= 0.3 is 0 Å². The molecule has 6 heteroatoms. The van der Waals surface area contributed by atoms with Crippen molar-refractivity contribution in [1.82, 2.24) is 14.8 Å².